The van der Waals surface area contributed by atoms with Crippen molar-refractivity contribution in [2.45, 2.75) is 96.4 Å². The molecule has 0 aliphatic carbocycles. The number of nitrogens with two attached hydrogens (primary N) is 4. The lowest BCUT2D eigenvalue weighted by atomic mass is 9.87. The summed E-state index contributed by atoms with van der Waals surface area (Å²) in [6.45, 7) is 16.3. The Morgan fingerprint density at radius 1 is 0.704 bits per heavy atom. The van der Waals surface area contributed by atoms with Crippen LogP contribution in [0.1, 0.15) is 61.8 Å². The van der Waals surface area contributed by atoms with Crippen LogP contribution in [0.25, 0.3) is 0 Å². The molecule has 27 heavy (non-hydrogen) atoms. The summed E-state index contributed by atoms with van der Waals surface area (Å²) in [6.07, 6.45) is -0.215. The molecule has 0 heterocycles. The molecule has 0 bridgehead atoms. The molecule has 0 spiro atoms. The smallest absolute Gasteiger partial charge is 0.154 e. The fourth-order valence-corrected chi connectivity index (χ4v) is 2.14. The quantitative estimate of drug-likeness (QED) is 0.254. The summed E-state index contributed by atoms with van der Waals surface area (Å²) in [5, 5.41) is 0. The van der Waals surface area contributed by atoms with Crippen molar-refractivity contribution in [1.29, 1.82) is 0 Å². The van der Waals surface area contributed by atoms with Gasteiger partial charge < -0.3 is 41.9 Å². The third-order valence-electron chi connectivity index (χ3n) is 3.65. The van der Waals surface area contributed by atoms with Crippen LogP contribution in [0.4, 0.5) is 0 Å². The van der Waals surface area contributed by atoms with Crippen molar-refractivity contribution in [3.8, 4) is 0 Å². The lowest BCUT2D eigenvalue weighted by Crippen LogP contribution is -2.54. The van der Waals surface area contributed by atoms with Crippen LogP contribution in [-0.2, 0) is 18.9 Å². The minimum Gasteiger partial charge on any atom is -0.354 e. The third-order valence-corrected chi connectivity index (χ3v) is 3.65. The van der Waals surface area contributed by atoms with Crippen molar-refractivity contribution >= 4 is 0 Å². The van der Waals surface area contributed by atoms with E-state index >= 15 is 0 Å². The van der Waals surface area contributed by atoms with Crippen LogP contribution in [-0.4, -0.2) is 61.2 Å². The van der Waals surface area contributed by atoms with Crippen LogP contribution >= 0.6 is 0 Å². The van der Waals surface area contributed by atoms with Crippen LogP contribution in [0.2, 0.25) is 0 Å². The van der Waals surface area contributed by atoms with E-state index in [-0.39, 0.29) is 12.9 Å². The predicted molar refractivity (Wildman–Crippen MR) is 109 cm³/mol. The number of rotatable bonds is 14. The zero-order valence-corrected chi connectivity index (χ0v) is 18.6. The summed E-state index contributed by atoms with van der Waals surface area (Å²) in [7, 11) is 0. The van der Waals surface area contributed by atoms with Crippen LogP contribution in [0.5, 0.6) is 0 Å². The number of ether oxygens (including phenoxy) is 4. The van der Waals surface area contributed by atoms with E-state index in [9.17, 15) is 0 Å². The maximum atomic E-state index is 6.42. The number of hydrogen-bond donors (Lipinski definition) is 4. The Morgan fingerprint density at radius 2 is 1.19 bits per heavy atom. The maximum absolute atomic E-state index is 6.42. The lowest BCUT2D eigenvalue weighted by molar-refractivity contribution is -0.156. The topological polar surface area (TPSA) is 141 Å². The number of hydrogen-bond acceptors (Lipinski definition) is 8. The van der Waals surface area contributed by atoms with Crippen molar-refractivity contribution in [2.75, 3.05) is 26.6 Å². The second-order valence-corrected chi connectivity index (χ2v) is 9.97. The highest BCUT2D eigenvalue weighted by Gasteiger charge is 2.33. The van der Waals surface area contributed by atoms with Crippen LogP contribution in [0, 0.1) is 0 Å². The molecule has 8 nitrogen and oxygen atoms in total. The van der Waals surface area contributed by atoms with Gasteiger partial charge in [-0.2, -0.15) is 0 Å². The zero-order valence-electron chi connectivity index (χ0n) is 18.6. The second kappa shape index (κ2) is 10.5. The van der Waals surface area contributed by atoms with Gasteiger partial charge >= 0.3 is 0 Å². The molecular formula is C19H44N4O4. The van der Waals surface area contributed by atoms with Gasteiger partial charge in [0.25, 0.3) is 0 Å². The molecule has 3 unspecified atom stereocenters. The third kappa shape index (κ3) is 15.3. The molecule has 8 N–H and O–H groups in total. The van der Waals surface area contributed by atoms with E-state index in [2.05, 4.69) is 0 Å². The molecule has 0 radical (unpaired) electrons. The Bertz CT molecular complexity index is 411. The second-order valence-electron chi connectivity index (χ2n) is 9.97. The summed E-state index contributed by atoms with van der Waals surface area (Å²) in [5.41, 5.74) is 22.4. The molecule has 0 aromatic carbocycles. The van der Waals surface area contributed by atoms with E-state index in [1.54, 1.807) is 0 Å². The molecule has 0 aliphatic rings. The normalized spacial score (nSPS) is 18.2. The van der Waals surface area contributed by atoms with Gasteiger partial charge in [-0.15, -0.1) is 0 Å². The van der Waals surface area contributed by atoms with E-state index in [4.69, 9.17) is 41.9 Å². The van der Waals surface area contributed by atoms with Gasteiger partial charge in [-0.1, -0.05) is 0 Å². The monoisotopic (exact) mass is 392 g/mol. The molecule has 0 fully saturated rings. The van der Waals surface area contributed by atoms with E-state index in [1.165, 1.54) is 0 Å². The summed E-state index contributed by atoms with van der Waals surface area (Å²) in [6, 6.07) is 0. The molecule has 0 aromatic heterocycles. The molecule has 8 heteroatoms. The minimum absolute atomic E-state index is 0.105. The summed E-state index contributed by atoms with van der Waals surface area (Å²) < 4.78 is 22.7. The van der Waals surface area contributed by atoms with E-state index in [1.807, 2.05) is 55.4 Å². The van der Waals surface area contributed by atoms with Crippen molar-refractivity contribution in [1.82, 2.24) is 0 Å². The Kier molecular flexibility index (Phi) is 10.3. The van der Waals surface area contributed by atoms with Crippen LogP contribution in [0.15, 0.2) is 0 Å². The van der Waals surface area contributed by atoms with Gasteiger partial charge in [0.15, 0.2) is 6.29 Å². The van der Waals surface area contributed by atoms with Crippen molar-refractivity contribution in [2.24, 2.45) is 22.9 Å². The first kappa shape index (κ1) is 26.7. The van der Waals surface area contributed by atoms with Gasteiger partial charge in [-0.05, 0) is 61.8 Å². The SMILES string of the molecule is CC(OCC(C)(C)N)OCC(C)(N)CC(OCOCC(C)(C)N)C(C)(C)N. The van der Waals surface area contributed by atoms with Crippen LogP contribution in [0.3, 0.4) is 0 Å². The van der Waals surface area contributed by atoms with Gasteiger partial charge in [-0.3, -0.25) is 0 Å². The Morgan fingerprint density at radius 3 is 1.63 bits per heavy atom. The van der Waals surface area contributed by atoms with E-state index < -0.39 is 28.4 Å². The molecule has 0 saturated heterocycles. The Hall–Kier alpha value is -0.320. The molecule has 0 rings (SSSR count). The standard InChI is InChI=1S/C19H44N4O4/c1-14(25-11-17(4,5)21)26-12-19(8,23)9-15(18(6,7)22)27-13-24-10-16(2,3)20/h14-15H,9-13,20-23H2,1-8H3. The van der Waals surface area contributed by atoms with Crippen molar-refractivity contribution < 1.29 is 18.9 Å². The van der Waals surface area contributed by atoms with Gasteiger partial charge in [0.1, 0.15) is 6.79 Å². The minimum atomic E-state index is -0.649. The lowest BCUT2D eigenvalue weighted by Gasteiger charge is -2.37. The van der Waals surface area contributed by atoms with Gasteiger partial charge in [-0.25, -0.2) is 0 Å². The average Bonchev–Trinajstić information content (AvgIpc) is 2.43. The average molecular weight is 393 g/mol. The first-order valence-corrected chi connectivity index (χ1v) is 9.49. The Labute approximate surface area is 165 Å². The highest BCUT2D eigenvalue weighted by atomic mass is 16.7. The van der Waals surface area contributed by atoms with Crippen LogP contribution < -0.4 is 22.9 Å². The first-order valence-electron chi connectivity index (χ1n) is 9.49. The summed E-state index contributed by atoms with van der Waals surface area (Å²) >= 11 is 0. The zero-order chi connectivity index (χ0) is 21.5. The predicted octanol–water partition coefficient (Wildman–Crippen LogP) is 1.04. The fraction of sp³-hybridized carbons (Fsp3) is 1.00. The van der Waals surface area contributed by atoms with E-state index in [0.717, 1.165) is 0 Å². The van der Waals surface area contributed by atoms with E-state index in [0.29, 0.717) is 26.2 Å². The highest BCUT2D eigenvalue weighted by Crippen LogP contribution is 2.21. The van der Waals surface area contributed by atoms with Crippen molar-refractivity contribution in [3.63, 3.8) is 0 Å². The summed E-state index contributed by atoms with van der Waals surface area (Å²) in [4.78, 5) is 0. The Balaban J connectivity index is 4.53. The van der Waals surface area contributed by atoms with Gasteiger partial charge in [0.05, 0.1) is 25.9 Å². The highest BCUT2D eigenvalue weighted by molar-refractivity contribution is 4.91. The molecule has 0 amide bonds. The van der Waals surface area contributed by atoms with Gasteiger partial charge in [0.2, 0.25) is 0 Å². The molecule has 0 aromatic rings. The molecule has 0 aliphatic heterocycles. The molecule has 0 saturated carbocycles. The first-order chi connectivity index (χ1) is 11.9. The van der Waals surface area contributed by atoms with Crippen molar-refractivity contribution in [3.05, 3.63) is 0 Å². The summed E-state index contributed by atoms with van der Waals surface area (Å²) in [5.74, 6) is 0. The largest absolute Gasteiger partial charge is 0.354 e. The molecular weight excluding hydrogens is 348 g/mol. The molecule has 164 valence electrons. The fourth-order valence-electron chi connectivity index (χ4n) is 2.14. The maximum Gasteiger partial charge on any atom is 0.154 e. The van der Waals surface area contributed by atoms with Gasteiger partial charge in [0, 0.05) is 22.2 Å². The molecule has 3 atom stereocenters.